The molecule has 1 aromatic rings. The van der Waals surface area contributed by atoms with E-state index in [0.29, 0.717) is 6.42 Å². The normalized spacial score (nSPS) is 16.0. The van der Waals surface area contributed by atoms with E-state index in [1.807, 2.05) is 0 Å². The van der Waals surface area contributed by atoms with Gasteiger partial charge in [0.25, 0.3) is 0 Å². The summed E-state index contributed by atoms with van der Waals surface area (Å²) >= 11 is 0. The van der Waals surface area contributed by atoms with E-state index in [1.165, 1.54) is 12.1 Å². The Balaban J connectivity index is 2.20. The molecular formula is C13H11FN2O3. The Kier molecular flexibility index (Phi) is 3.21. The third kappa shape index (κ3) is 2.15. The van der Waals surface area contributed by atoms with E-state index in [9.17, 15) is 14.0 Å². The van der Waals surface area contributed by atoms with Gasteiger partial charge in [-0.1, -0.05) is 6.42 Å². The molecule has 1 aromatic carbocycles. The maximum Gasteiger partial charge on any atom is 0.319 e. The lowest BCUT2D eigenvalue weighted by Crippen LogP contribution is -2.48. The third-order valence-electron chi connectivity index (χ3n) is 3.40. The molecule has 0 heterocycles. The third-order valence-corrected chi connectivity index (χ3v) is 3.40. The van der Waals surface area contributed by atoms with Gasteiger partial charge in [-0.2, -0.15) is 5.26 Å². The van der Waals surface area contributed by atoms with Crippen molar-refractivity contribution in [3.05, 3.63) is 29.6 Å². The van der Waals surface area contributed by atoms with Gasteiger partial charge in [0, 0.05) is 0 Å². The van der Waals surface area contributed by atoms with Gasteiger partial charge in [0.15, 0.2) is 0 Å². The number of carbonyl (C=O) groups excluding carboxylic acids is 1. The lowest BCUT2D eigenvalue weighted by Gasteiger charge is -2.35. The minimum Gasteiger partial charge on any atom is -0.480 e. The number of nitrogens with zero attached hydrogens (tertiary/aromatic N) is 1. The highest BCUT2D eigenvalue weighted by molar-refractivity contribution is 6.09. The second-order valence-electron chi connectivity index (χ2n) is 4.50. The maximum absolute atomic E-state index is 13.6. The first kappa shape index (κ1) is 13.0. The largest absolute Gasteiger partial charge is 0.480 e. The van der Waals surface area contributed by atoms with Gasteiger partial charge in [-0.25, -0.2) is 4.39 Å². The van der Waals surface area contributed by atoms with Crippen LogP contribution in [0, 0.1) is 22.6 Å². The average Bonchev–Trinajstić information content (AvgIpc) is 2.29. The molecule has 19 heavy (non-hydrogen) atoms. The number of nitrogens with one attached hydrogen (secondary N) is 1. The monoisotopic (exact) mass is 262 g/mol. The van der Waals surface area contributed by atoms with Crippen molar-refractivity contribution in [2.75, 3.05) is 5.32 Å². The lowest BCUT2D eigenvalue weighted by molar-refractivity contribution is -0.159. The van der Waals surface area contributed by atoms with Crippen LogP contribution in [-0.4, -0.2) is 17.0 Å². The Morgan fingerprint density at radius 2 is 2.11 bits per heavy atom. The van der Waals surface area contributed by atoms with Crippen LogP contribution in [0.5, 0.6) is 0 Å². The molecule has 0 unspecified atom stereocenters. The van der Waals surface area contributed by atoms with Gasteiger partial charge in [0.2, 0.25) is 5.91 Å². The second kappa shape index (κ2) is 4.69. The number of rotatable bonds is 3. The number of hydrogen-bond acceptors (Lipinski definition) is 3. The molecule has 0 aromatic heterocycles. The molecule has 1 saturated carbocycles. The van der Waals surface area contributed by atoms with E-state index in [-0.39, 0.29) is 24.1 Å². The van der Waals surface area contributed by atoms with E-state index < -0.39 is 23.1 Å². The fourth-order valence-corrected chi connectivity index (χ4v) is 2.00. The van der Waals surface area contributed by atoms with Gasteiger partial charge >= 0.3 is 5.97 Å². The van der Waals surface area contributed by atoms with Crippen LogP contribution < -0.4 is 5.32 Å². The quantitative estimate of drug-likeness (QED) is 0.814. The first-order valence-electron chi connectivity index (χ1n) is 5.74. The highest BCUT2D eigenvalue weighted by Gasteiger charge is 2.51. The van der Waals surface area contributed by atoms with Crippen LogP contribution in [0.1, 0.15) is 24.8 Å². The van der Waals surface area contributed by atoms with E-state index >= 15 is 0 Å². The molecule has 2 rings (SSSR count). The Labute approximate surface area is 108 Å². The van der Waals surface area contributed by atoms with Crippen molar-refractivity contribution in [1.82, 2.24) is 0 Å². The fraction of sp³-hybridized carbons (Fsp3) is 0.308. The molecule has 1 aliphatic carbocycles. The number of benzene rings is 1. The zero-order valence-corrected chi connectivity index (χ0v) is 9.94. The predicted octanol–water partition coefficient (Wildman–Crippen LogP) is 1.89. The van der Waals surface area contributed by atoms with Crippen LogP contribution in [0.15, 0.2) is 18.2 Å². The van der Waals surface area contributed by atoms with Crippen LogP contribution in [-0.2, 0) is 9.59 Å². The summed E-state index contributed by atoms with van der Waals surface area (Å²) in [6.07, 6.45) is 1.17. The number of carboxylic acids is 1. The molecule has 1 fully saturated rings. The van der Waals surface area contributed by atoms with E-state index in [0.717, 1.165) is 6.07 Å². The smallest absolute Gasteiger partial charge is 0.319 e. The molecular weight excluding hydrogens is 251 g/mol. The van der Waals surface area contributed by atoms with E-state index in [4.69, 9.17) is 10.4 Å². The van der Waals surface area contributed by atoms with Crippen molar-refractivity contribution >= 4 is 17.6 Å². The summed E-state index contributed by atoms with van der Waals surface area (Å²) in [6.45, 7) is 0. The standard InChI is InChI=1S/C13H11FN2O3/c14-9-6-8(7-15)2-3-10(9)16-11(17)13(12(18)19)4-1-5-13/h2-3,6H,1,4-5H2,(H,16,17)(H,18,19). The second-order valence-corrected chi connectivity index (χ2v) is 4.50. The van der Waals surface area contributed by atoms with Gasteiger partial charge in [-0.3, -0.25) is 9.59 Å². The maximum atomic E-state index is 13.6. The number of carbonyl (C=O) groups is 2. The molecule has 5 nitrogen and oxygen atoms in total. The van der Waals surface area contributed by atoms with Crippen molar-refractivity contribution in [2.45, 2.75) is 19.3 Å². The lowest BCUT2D eigenvalue weighted by atomic mass is 9.68. The Bertz CT molecular complexity index is 588. The summed E-state index contributed by atoms with van der Waals surface area (Å²) in [5, 5.41) is 20.0. The fourth-order valence-electron chi connectivity index (χ4n) is 2.00. The number of carboxylic acid groups (broad SMARTS) is 1. The first-order chi connectivity index (χ1) is 8.99. The Hall–Kier alpha value is -2.42. The molecule has 2 N–H and O–H groups in total. The summed E-state index contributed by atoms with van der Waals surface area (Å²) in [7, 11) is 0. The Morgan fingerprint density at radius 1 is 1.42 bits per heavy atom. The molecule has 1 amide bonds. The summed E-state index contributed by atoms with van der Waals surface area (Å²) in [4.78, 5) is 23.1. The number of nitriles is 1. The molecule has 0 radical (unpaired) electrons. The summed E-state index contributed by atoms with van der Waals surface area (Å²) < 4.78 is 13.6. The molecule has 0 bridgehead atoms. The minimum absolute atomic E-state index is 0.114. The van der Waals surface area contributed by atoms with Crippen LogP contribution in [0.2, 0.25) is 0 Å². The highest BCUT2D eigenvalue weighted by atomic mass is 19.1. The highest BCUT2D eigenvalue weighted by Crippen LogP contribution is 2.42. The Morgan fingerprint density at radius 3 is 2.53 bits per heavy atom. The number of amides is 1. The van der Waals surface area contributed by atoms with Crippen molar-refractivity contribution in [3.8, 4) is 6.07 Å². The molecule has 0 aliphatic heterocycles. The number of hydrogen-bond donors (Lipinski definition) is 2. The first-order valence-corrected chi connectivity index (χ1v) is 5.74. The van der Waals surface area contributed by atoms with E-state index in [2.05, 4.69) is 5.32 Å². The zero-order valence-electron chi connectivity index (χ0n) is 9.94. The SMILES string of the molecule is N#Cc1ccc(NC(=O)C2(C(=O)O)CCC2)c(F)c1. The van der Waals surface area contributed by atoms with Crippen molar-refractivity contribution in [1.29, 1.82) is 5.26 Å². The van der Waals surface area contributed by atoms with Crippen LogP contribution in [0.4, 0.5) is 10.1 Å². The van der Waals surface area contributed by atoms with Crippen LogP contribution >= 0.6 is 0 Å². The van der Waals surface area contributed by atoms with Crippen LogP contribution in [0.25, 0.3) is 0 Å². The van der Waals surface area contributed by atoms with Crippen LogP contribution in [0.3, 0.4) is 0 Å². The van der Waals surface area contributed by atoms with Gasteiger partial charge < -0.3 is 10.4 Å². The predicted molar refractivity (Wildman–Crippen MR) is 63.7 cm³/mol. The molecule has 0 saturated heterocycles. The molecule has 98 valence electrons. The topological polar surface area (TPSA) is 90.2 Å². The number of aliphatic carboxylic acids is 1. The van der Waals surface area contributed by atoms with Gasteiger partial charge in [-0.15, -0.1) is 0 Å². The number of halogens is 1. The van der Waals surface area contributed by atoms with Crippen molar-refractivity contribution < 1.29 is 19.1 Å². The number of anilines is 1. The zero-order chi connectivity index (χ0) is 14.0. The van der Waals surface area contributed by atoms with Gasteiger partial charge in [-0.05, 0) is 31.0 Å². The van der Waals surface area contributed by atoms with Gasteiger partial charge in [0.05, 0.1) is 17.3 Å². The van der Waals surface area contributed by atoms with E-state index in [1.54, 1.807) is 6.07 Å². The molecule has 0 atom stereocenters. The van der Waals surface area contributed by atoms with Crippen molar-refractivity contribution in [3.63, 3.8) is 0 Å². The van der Waals surface area contributed by atoms with Gasteiger partial charge in [0.1, 0.15) is 11.2 Å². The molecule has 6 heteroatoms. The van der Waals surface area contributed by atoms with Crippen molar-refractivity contribution in [2.24, 2.45) is 5.41 Å². The molecule has 1 aliphatic rings. The summed E-state index contributed by atoms with van der Waals surface area (Å²) in [5.74, 6) is -2.66. The minimum atomic E-state index is -1.44. The summed E-state index contributed by atoms with van der Waals surface area (Å²) in [6, 6.07) is 5.37. The average molecular weight is 262 g/mol. The molecule has 0 spiro atoms. The summed E-state index contributed by atoms with van der Waals surface area (Å²) in [5.41, 5.74) is -1.43.